The number of nitrogens with zero attached hydrogens (tertiary/aromatic N) is 2. The summed E-state index contributed by atoms with van der Waals surface area (Å²) in [6.07, 6.45) is 0. The highest BCUT2D eigenvalue weighted by atomic mass is 79.9. The first-order valence-electron chi connectivity index (χ1n) is 6.97. The van der Waals surface area contributed by atoms with Crippen LogP contribution in [-0.2, 0) is 0 Å². The minimum Gasteiger partial charge on any atom is -0.486 e. The van der Waals surface area contributed by atoms with Gasteiger partial charge in [0.1, 0.15) is 19.0 Å². The molecule has 22 heavy (non-hydrogen) atoms. The molecule has 2 heterocycles. The Balaban J connectivity index is 1.99. The first kappa shape index (κ1) is 14.9. The molecule has 116 valence electrons. The van der Waals surface area contributed by atoms with Gasteiger partial charge < -0.3 is 20.1 Å². The summed E-state index contributed by atoms with van der Waals surface area (Å²) in [5, 5.41) is 6.28. The standard InChI is InChI=1S/C15H17BrN4O2/c1-8-6-12(17-3)20-15(18-8)19-10-7-11-14(13(16)9(10)2)22-5-4-21-11/h6-7H,4-5H2,1-3H3,(H2,17,18,19,20). The van der Waals surface area contributed by atoms with Gasteiger partial charge in [0.2, 0.25) is 5.95 Å². The molecular weight excluding hydrogens is 348 g/mol. The lowest BCUT2D eigenvalue weighted by molar-refractivity contribution is 0.170. The predicted octanol–water partition coefficient (Wildman–Crippen LogP) is 3.41. The van der Waals surface area contributed by atoms with Crippen LogP contribution in [0, 0.1) is 13.8 Å². The highest BCUT2D eigenvalue weighted by Gasteiger charge is 2.20. The fraction of sp³-hybridized carbons (Fsp3) is 0.333. The van der Waals surface area contributed by atoms with Crippen molar-refractivity contribution < 1.29 is 9.47 Å². The van der Waals surface area contributed by atoms with Crippen molar-refractivity contribution in [2.45, 2.75) is 13.8 Å². The van der Waals surface area contributed by atoms with E-state index in [0.717, 1.165) is 33.0 Å². The lowest BCUT2D eigenvalue weighted by Crippen LogP contribution is -2.16. The number of anilines is 3. The van der Waals surface area contributed by atoms with E-state index < -0.39 is 0 Å². The van der Waals surface area contributed by atoms with E-state index in [2.05, 4.69) is 36.5 Å². The number of fused-ring (bicyclic) bond motifs is 1. The van der Waals surface area contributed by atoms with Crippen molar-refractivity contribution in [3.8, 4) is 11.5 Å². The Morgan fingerprint density at radius 3 is 2.68 bits per heavy atom. The molecule has 0 fully saturated rings. The maximum atomic E-state index is 5.66. The topological polar surface area (TPSA) is 68.3 Å². The maximum Gasteiger partial charge on any atom is 0.229 e. The fourth-order valence-electron chi connectivity index (χ4n) is 2.24. The van der Waals surface area contributed by atoms with Crippen LogP contribution in [0.5, 0.6) is 11.5 Å². The second kappa shape index (κ2) is 6.00. The maximum absolute atomic E-state index is 5.66. The molecular formula is C15H17BrN4O2. The van der Waals surface area contributed by atoms with E-state index in [0.29, 0.717) is 24.9 Å². The lowest BCUT2D eigenvalue weighted by Gasteiger charge is -2.22. The molecule has 0 radical (unpaired) electrons. The molecule has 2 N–H and O–H groups in total. The lowest BCUT2D eigenvalue weighted by atomic mass is 10.1. The van der Waals surface area contributed by atoms with Crippen LogP contribution >= 0.6 is 15.9 Å². The fourth-order valence-corrected chi connectivity index (χ4v) is 2.76. The van der Waals surface area contributed by atoms with Crippen LogP contribution in [0.3, 0.4) is 0 Å². The molecule has 1 aliphatic heterocycles. The van der Waals surface area contributed by atoms with Crippen molar-refractivity contribution in [2.24, 2.45) is 0 Å². The van der Waals surface area contributed by atoms with Crippen LogP contribution in [0.15, 0.2) is 16.6 Å². The quantitative estimate of drug-likeness (QED) is 0.869. The van der Waals surface area contributed by atoms with Gasteiger partial charge >= 0.3 is 0 Å². The zero-order valence-corrected chi connectivity index (χ0v) is 14.2. The van der Waals surface area contributed by atoms with Gasteiger partial charge in [-0.15, -0.1) is 0 Å². The second-order valence-corrected chi connectivity index (χ2v) is 5.77. The summed E-state index contributed by atoms with van der Waals surface area (Å²) in [5.74, 6) is 2.77. The van der Waals surface area contributed by atoms with Crippen molar-refractivity contribution in [3.05, 3.63) is 27.9 Å². The van der Waals surface area contributed by atoms with Gasteiger partial charge in [-0.2, -0.15) is 4.98 Å². The Morgan fingerprint density at radius 1 is 1.14 bits per heavy atom. The number of aryl methyl sites for hydroxylation is 1. The monoisotopic (exact) mass is 364 g/mol. The molecule has 0 aliphatic carbocycles. The largest absolute Gasteiger partial charge is 0.486 e. The van der Waals surface area contributed by atoms with E-state index in [9.17, 15) is 0 Å². The van der Waals surface area contributed by atoms with Crippen molar-refractivity contribution in [1.29, 1.82) is 0 Å². The molecule has 6 nitrogen and oxygen atoms in total. The number of halogens is 1. The van der Waals surface area contributed by atoms with Gasteiger partial charge in [-0.3, -0.25) is 0 Å². The third-order valence-corrected chi connectivity index (χ3v) is 4.33. The van der Waals surface area contributed by atoms with E-state index in [1.54, 1.807) is 0 Å². The van der Waals surface area contributed by atoms with E-state index in [4.69, 9.17) is 9.47 Å². The summed E-state index contributed by atoms with van der Waals surface area (Å²) in [4.78, 5) is 8.82. The van der Waals surface area contributed by atoms with Crippen LogP contribution < -0.4 is 20.1 Å². The molecule has 1 aromatic heterocycles. The summed E-state index contributed by atoms with van der Waals surface area (Å²) < 4.78 is 12.2. The van der Waals surface area contributed by atoms with Crippen molar-refractivity contribution in [1.82, 2.24) is 9.97 Å². The average molecular weight is 365 g/mol. The van der Waals surface area contributed by atoms with Gasteiger partial charge in [0.25, 0.3) is 0 Å². The second-order valence-electron chi connectivity index (χ2n) is 4.98. The van der Waals surface area contributed by atoms with Crippen LogP contribution in [0.1, 0.15) is 11.3 Å². The highest BCUT2D eigenvalue weighted by molar-refractivity contribution is 9.10. The minimum absolute atomic E-state index is 0.538. The molecule has 7 heteroatoms. The molecule has 1 aromatic carbocycles. The molecule has 1 aliphatic rings. The van der Waals surface area contributed by atoms with Gasteiger partial charge in [0, 0.05) is 30.6 Å². The third kappa shape index (κ3) is 2.81. The van der Waals surface area contributed by atoms with Gasteiger partial charge in [-0.25, -0.2) is 4.98 Å². The van der Waals surface area contributed by atoms with Crippen LogP contribution in [-0.4, -0.2) is 30.2 Å². The minimum atomic E-state index is 0.538. The summed E-state index contributed by atoms with van der Waals surface area (Å²) in [7, 11) is 1.83. The van der Waals surface area contributed by atoms with Gasteiger partial charge in [0.05, 0.1) is 4.47 Å². The van der Waals surface area contributed by atoms with E-state index in [1.807, 2.05) is 33.0 Å². The molecule has 2 aromatic rings. The Kier molecular flexibility index (Phi) is 4.06. The Hall–Kier alpha value is -2.02. The smallest absolute Gasteiger partial charge is 0.229 e. The van der Waals surface area contributed by atoms with Crippen molar-refractivity contribution in [2.75, 3.05) is 30.9 Å². The zero-order chi connectivity index (χ0) is 15.7. The number of hydrogen-bond donors (Lipinski definition) is 2. The molecule has 0 atom stereocenters. The molecule has 0 saturated heterocycles. The summed E-state index contributed by atoms with van der Waals surface area (Å²) in [6, 6.07) is 3.80. The Morgan fingerprint density at radius 2 is 1.91 bits per heavy atom. The average Bonchev–Trinajstić information content (AvgIpc) is 2.52. The first-order valence-corrected chi connectivity index (χ1v) is 7.77. The van der Waals surface area contributed by atoms with Crippen LogP contribution in [0.4, 0.5) is 17.5 Å². The Labute approximate surface area is 137 Å². The predicted molar refractivity (Wildman–Crippen MR) is 89.5 cm³/mol. The third-order valence-electron chi connectivity index (χ3n) is 3.38. The number of aromatic nitrogens is 2. The van der Waals surface area contributed by atoms with E-state index >= 15 is 0 Å². The Bertz CT molecular complexity index is 721. The van der Waals surface area contributed by atoms with Gasteiger partial charge in [-0.1, -0.05) is 0 Å². The van der Waals surface area contributed by atoms with E-state index in [-0.39, 0.29) is 0 Å². The molecule has 0 saturated carbocycles. The molecule has 0 amide bonds. The summed E-state index contributed by atoms with van der Waals surface area (Å²) in [5.41, 5.74) is 2.78. The van der Waals surface area contributed by atoms with Gasteiger partial charge in [0.15, 0.2) is 11.5 Å². The highest BCUT2D eigenvalue weighted by Crippen LogP contribution is 2.43. The molecule has 3 rings (SSSR count). The van der Waals surface area contributed by atoms with Crippen LogP contribution in [0.25, 0.3) is 0 Å². The SMILES string of the molecule is CNc1cc(C)nc(Nc2cc3c(c(Br)c2C)OCCO3)n1. The molecule has 0 spiro atoms. The van der Waals surface area contributed by atoms with Crippen LogP contribution in [0.2, 0.25) is 0 Å². The number of benzene rings is 1. The normalized spacial score (nSPS) is 12.9. The van der Waals surface area contributed by atoms with Crippen molar-refractivity contribution in [3.63, 3.8) is 0 Å². The first-order chi connectivity index (χ1) is 10.6. The summed E-state index contributed by atoms with van der Waals surface area (Å²) >= 11 is 3.57. The number of nitrogens with one attached hydrogen (secondary N) is 2. The number of hydrogen-bond acceptors (Lipinski definition) is 6. The molecule has 0 unspecified atom stereocenters. The number of rotatable bonds is 3. The molecule has 0 bridgehead atoms. The van der Waals surface area contributed by atoms with Crippen molar-refractivity contribution >= 4 is 33.4 Å². The number of ether oxygens (including phenoxy) is 2. The summed E-state index contributed by atoms with van der Waals surface area (Å²) in [6.45, 7) is 5.04. The zero-order valence-electron chi connectivity index (χ0n) is 12.7. The van der Waals surface area contributed by atoms with Gasteiger partial charge in [-0.05, 0) is 35.3 Å². The van der Waals surface area contributed by atoms with E-state index in [1.165, 1.54) is 0 Å².